The van der Waals surface area contributed by atoms with Gasteiger partial charge in [-0.2, -0.15) is 0 Å². The second-order valence-corrected chi connectivity index (χ2v) is 8.61. The van der Waals surface area contributed by atoms with E-state index in [1.165, 1.54) is 25.2 Å². The number of rotatable bonds is 7. The maximum atomic E-state index is 11.3. The van der Waals surface area contributed by atoms with Gasteiger partial charge in [-0.3, -0.25) is 0 Å². The highest BCUT2D eigenvalue weighted by Gasteiger charge is 2.30. The van der Waals surface area contributed by atoms with Crippen LogP contribution < -0.4 is 9.47 Å². The summed E-state index contributed by atoms with van der Waals surface area (Å²) in [6, 6.07) is 11.3. The molecule has 0 unspecified atom stereocenters. The summed E-state index contributed by atoms with van der Waals surface area (Å²) in [6.45, 7) is 7.13. The van der Waals surface area contributed by atoms with Crippen LogP contribution in [0.4, 0.5) is 0 Å². The number of nitrogens with zero attached hydrogens (tertiary/aromatic N) is 1. The second-order valence-electron chi connectivity index (χ2n) is 7.23. The van der Waals surface area contributed by atoms with Crippen LogP contribution in [0.5, 0.6) is 11.5 Å². The minimum atomic E-state index is -1.31. The molecule has 1 aromatic heterocycles. The monoisotopic (exact) mass is 431 g/mol. The molecule has 0 fully saturated rings. The van der Waals surface area contributed by atoms with Gasteiger partial charge in [0.2, 0.25) is 0 Å². The van der Waals surface area contributed by atoms with Crippen molar-refractivity contribution in [2.45, 2.75) is 39.9 Å². The summed E-state index contributed by atoms with van der Waals surface area (Å²) in [6.07, 6.45) is 0. The number of carboxylic acids is 1. The molecule has 0 bridgehead atoms. The van der Waals surface area contributed by atoms with Gasteiger partial charge in [0.15, 0.2) is 5.60 Å². The summed E-state index contributed by atoms with van der Waals surface area (Å²) in [7, 11) is 0. The van der Waals surface area contributed by atoms with Crippen LogP contribution in [0, 0.1) is 13.8 Å². The summed E-state index contributed by atoms with van der Waals surface area (Å²) < 4.78 is 11.6. The van der Waals surface area contributed by atoms with Crippen molar-refractivity contribution >= 4 is 28.9 Å². The normalized spacial score (nSPS) is 11.3. The Morgan fingerprint density at radius 2 is 1.90 bits per heavy atom. The minimum absolute atomic E-state index is 0.338. The van der Waals surface area contributed by atoms with Crippen LogP contribution in [0.3, 0.4) is 0 Å². The van der Waals surface area contributed by atoms with Gasteiger partial charge >= 0.3 is 5.97 Å². The molecule has 29 heavy (non-hydrogen) atoms. The van der Waals surface area contributed by atoms with Gasteiger partial charge in [0.1, 0.15) is 23.1 Å². The Balaban J connectivity index is 1.71. The van der Waals surface area contributed by atoms with Crippen molar-refractivity contribution in [3.63, 3.8) is 0 Å². The van der Waals surface area contributed by atoms with Crippen molar-refractivity contribution < 1.29 is 19.4 Å². The number of thiazole rings is 1. The van der Waals surface area contributed by atoms with E-state index in [0.717, 1.165) is 27.4 Å². The minimum Gasteiger partial charge on any atom is -0.486 e. The number of carboxylic acid groups (broad SMARTS) is 1. The predicted octanol–water partition coefficient (Wildman–Crippen LogP) is 5.90. The number of carbonyl (C=O) groups is 1. The number of hydrogen-bond acceptors (Lipinski definition) is 5. The maximum absolute atomic E-state index is 11.3. The van der Waals surface area contributed by atoms with Gasteiger partial charge in [-0.05, 0) is 63.1 Å². The SMILES string of the molecule is Cc1cc(OCc2nc(-c3cccc(Cl)c3)cs2)cc(C)c1OC(C)(C)C(=O)O. The molecule has 0 atom stereocenters. The van der Waals surface area contributed by atoms with E-state index < -0.39 is 11.6 Å². The van der Waals surface area contributed by atoms with E-state index in [1.54, 1.807) is 0 Å². The molecule has 3 aromatic rings. The molecule has 0 aliphatic carbocycles. The lowest BCUT2D eigenvalue weighted by atomic mass is 10.1. The van der Waals surface area contributed by atoms with Gasteiger partial charge in [0, 0.05) is 16.0 Å². The number of benzene rings is 2. The van der Waals surface area contributed by atoms with Crippen molar-refractivity contribution in [1.29, 1.82) is 0 Å². The molecule has 152 valence electrons. The molecular weight excluding hydrogens is 410 g/mol. The van der Waals surface area contributed by atoms with Crippen LogP contribution in [0.25, 0.3) is 11.3 Å². The molecule has 3 rings (SSSR count). The average molecular weight is 432 g/mol. The fraction of sp³-hybridized carbons (Fsp3) is 0.273. The lowest BCUT2D eigenvalue weighted by Gasteiger charge is -2.24. The molecule has 2 aromatic carbocycles. The second kappa shape index (κ2) is 8.43. The number of aromatic nitrogens is 1. The first-order valence-corrected chi connectivity index (χ1v) is 10.3. The lowest BCUT2D eigenvalue weighted by Crippen LogP contribution is -2.38. The molecule has 0 saturated carbocycles. The summed E-state index contributed by atoms with van der Waals surface area (Å²) in [5.74, 6) is 0.220. The fourth-order valence-electron chi connectivity index (χ4n) is 2.76. The molecule has 0 saturated heterocycles. The van der Waals surface area contributed by atoms with Gasteiger partial charge < -0.3 is 14.6 Å². The molecule has 7 heteroatoms. The first kappa shape index (κ1) is 21.1. The fourth-order valence-corrected chi connectivity index (χ4v) is 3.66. The van der Waals surface area contributed by atoms with E-state index in [1.807, 2.05) is 55.6 Å². The van der Waals surface area contributed by atoms with Crippen LogP contribution in [0.2, 0.25) is 5.02 Å². The zero-order valence-electron chi connectivity index (χ0n) is 16.7. The molecule has 0 aliphatic heterocycles. The van der Waals surface area contributed by atoms with Crippen molar-refractivity contribution in [2.24, 2.45) is 0 Å². The quantitative estimate of drug-likeness (QED) is 0.504. The number of hydrogen-bond donors (Lipinski definition) is 1. The largest absolute Gasteiger partial charge is 0.486 e. The Hall–Kier alpha value is -2.57. The zero-order chi connectivity index (χ0) is 21.2. The van der Waals surface area contributed by atoms with E-state index in [0.29, 0.717) is 23.1 Å². The van der Waals surface area contributed by atoms with Crippen LogP contribution in [0.1, 0.15) is 30.0 Å². The van der Waals surface area contributed by atoms with Gasteiger partial charge in [-0.1, -0.05) is 23.7 Å². The van der Waals surface area contributed by atoms with Gasteiger partial charge in [0.25, 0.3) is 0 Å². The molecule has 0 radical (unpaired) electrons. The number of aliphatic carboxylic acids is 1. The van der Waals surface area contributed by atoms with Crippen molar-refractivity contribution in [3.05, 3.63) is 62.9 Å². The van der Waals surface area contributed by atoms with Crippen molar-refractivity contribution in [2.75, 3.05) is 0 Å². The standard InChI is InChI=1S/C22H22ClNO4S/c1-13-8-17(9-14(2)20(13)28-22(3,4)21(25)26)27-11-19-24-18(12-29-19)15-6-5-7-16(23)10-15/h5-10,12H,11H2,1-4H3,(H,25,26). The molecular formula is C22H22ClNO4S. The van der Waals surface area contributed by atoms with Gasteiger partial charge in [-0.15, -0.1) is 11.3 Å². The van der Waals surface area contributed by atoms with Crippen molar-refractivity contribution in [3.8, 4) is 22.8 Å². The van der Waals surface area contributed by atoms with Crippen LogP contribution in [0.15, 0.2) is 41.8 Å². The third-order valence-corrected chi connectivity index (χ3v) is 5.40. The van der Waals surface area contributed by atoms with E-state index >= 15 is 0 Å². The Morgan fingerprint density at radius 3 is 2.52 bits per heavy atom. The molecule has 0 spiro atoms. The highest BCUT2D eigenvalue weighted by molar-refractivity contribution is 7.09. The highest BCUT2D eigenvalue weighted by atomic mass is 35.5. The van der Waals surface area contributed by atoms with Crippen LogP contribution in [-0.4, -0.2) is 21.7 Å². The number of ether oxygens (including phenoxy) is 2. The third-order valence-electron chi connectivity index (χ3n) is 4.34. The Kier molecular flexibility index (Phi) is 6.15. The highest BCUT2D eigenvalue weighted by Crippen LogP contribution is 2.32. The van der Waals surface area contributed by atoms with E-state index in [-0.39, 0.29) is 0 Å². The van der Waals surface area contributed by atoms with Crippen molar-refractivity contribution in [1.82, 2.24) is 4.98 Å². The maximum Gasteiger partial charge on any atom is 0.347 e. The van der Waals surface area contributed by atoms with Gasteiger partial charge in [0.05, 0.1) is 5.69 Å². The summed E-state index contributed by atoms with van der Waals surface area (Å²) in [5, 5.41) is 12.8. The smallest absolute Gasteiger partial charge is 0.347 e. The Labute approximate surface area is 178 Å². The molecule has 5 nitrogen and oxygen atoms in total. The van der Waals surface area contributed by atoms with Crippen LogP contribution in [-0.2, 0) is 11.4 Å². The molecule has 1 N–H and O–H groups in total. The lowest BCUT2D eigenvalue weighted by molar-refractivity contribution is -0.152. The number of aryl methyl sites for hydroxylation is 2. The number of halogens is 1. The Bertz CT molecular complexity index is 1020. The first-order valence-electron chi connectivity index (χ1n) is 9.02. The summed E-state index contributed by atoms with van der Waals surface area (Å²) >= 11 is 7.57. The van der Waals surface area contributed by atoms with Crippen LogP contribution >= 0.6 is 22.9 Å². The topological polar surface area (TPSA) is 68.7 Å². The van der Waals surface area contributed by atoms with E-state index in [4.69, 9.17) is 21.1 Å². The average Bonchev–Trinajstić information content (AvgIpc) is 3.12. The Morgan fingerprint density at radius 1 is 1.21 bits per heavy atom. The van der Waals surface area contributed by atoms with Gasteiger partial charge in [-0.25, -0.2) is 9.78 Å². The first-order chi connectivity index (χ1) is 13.7. The zero-order valence-corrected chi connectivity index (χ0v) is 18.2. The molecule has 1 heterocycles. The van der Waals surface area contributed by atoms with E-state index in [9.17, 15) is 9.90 Å². The third kappa shape index (κ3) is 5.08. The van der Waals surface area contributed by atoms with E-state index in [2.05, 4.69) is 4.98 Å². The predicted molar refractivity (Wildman–Crippen MR) is 115 cm³/mol. The molecule has 0 amide bonds. The molecule has 0 aliphatic rings. The summed E-state index contributed by atoms with van der Waals surface area (Å²) in [5.41, 5.74) is 2.15. The summed E-state index contributed by atoms with van der Waals surface area (Å²) in [4.78, 5) is 15.9.